The predicted octanol–water partition coefficient (Wildman–Crippen LogP) is 3.78. The number of benzene rings is 1. The molecule has 7 heteroatoms. The molecule has 0 fully saturated rings. The summed E-state index contributed by atoms with van der Waals surface area (Å²) in [5.74, 6) is -0.271. The maximum absolute atomic E-state index is 11.9. The first-order chi connectivity index (χ1) is 13.3. The molecule has 29 heavy (non-hydrogen) atoms. The molecular weight excluding hydrogens is 390 g/mol. The van der Waals surface area contributed by atoms with Crippen molar-refractivity contribution in [2.45, 2.75) is 73.3 Å². The van der Waals surface area contributed by atoms with E-state index in [-0.39, 0.29) is 18.1 Å². The molecule has 1 unspecified atom stereocenters. The molecule has 1 heterocycles. The van der Waals surface area contributed by atoms with Crippen LogP contribution in [-0.4, -0.2) is 26.5 Å². The highest BCUT2D eigenvalue weighted by Crippen LogP contribution is 2.35. The van der Waals surface area contributed by atoms with Gasteiger partial charge in [-0.2, -0.15) is 0 Å². The molecule has 0 aliphatic heterocycles. The maximum atomic E-state index is 11.9. The van der Waals surface area contributed by atoms with E-state index in [1.807, 2.05) is 65.8 Å². The van der Waals surface area contributed by atoms with Crippen molar-refractivity contribution < 1.29 is 19.2 Å². The van der Waals surface area contributed by atoms with Crippen LogP contribution in [0.4, 0.5) is 0 Å². The van der Waals surface area contributed by atoms with Crippen molar-refractivity contribution in [3.05, 3.63) is 47.5 Å². The zero-order valence-electron chi connectivity index (χ0n) is 18.3. The van der Waals surface area contributed by atoms with Gasteiger partial charge in [-0.25, -0.2) is 4.57 Å². The molecule has 1 atom stereocenters. The van der Waals surface area contributed by atoms with Crippen molar-refractivity contribution in [2.24, 2.45) is 10.8 Å². The number of carbonyl (C=O) groups is 1. The Morgan fingerprint density at radius 2 is 1.79 bits per heavy atom. The second kappa shape index (κ2) is 8.84. The van der Waals surface area contributed by atoms with Gasteiger partial charge in [-0.15, -0.1) is 4.68 Å². The Bertz CT molecular complexity index is 819. The number of aryl methyl sites for hydroxylation is 1. The van der Waals surface area contributed by atoms with Gasteiger partial charge in [0.05, 0.1) is 5.41 Å². The quantitative estimate of drug-likeness (QED) is 0.544. The molecule has 0 radical (unpaired) electrons. The average molecular weight is 423 g/mol. The van der Waals surface area contributed by atoms with Crippen LogP contribution in [0, 0.1) is 10.8 Å². The van der Waals surface area contributed by atoms with Gasteiger partial charge < -0.3 is 9.84 Å². The Morgan fingerprint density at radius 3 is 2.34 bits per heavy atom. The SMILES string of the molecule is CC(C)(C)C(=O)OC[n+]1cnn(CC(O)(CCc2ccc(Cl)cc2)C(C)(C)C)c1. The lowest BCUT2D eigenvalue weighted by molar-refractivity contribution is -0.728. The van der Waals surface area contributed by atoms with E-state index >= 15 is 0 Å². The number of carbonyl (C=O) groups excluding carboxylic acids is 1. The summed E-state index contributed by atoms with van der Waals surface area (Å²) in [7, 11) is 0. The van der Waals surface area contributed by atoms with Crippen molar-refractivity contribution in [2.75, 3.05) is 0 Å². The Hall–Kier alpha value is -1.92. The van der Waals surface area contributed by atoms with Crippen LogP contribution in [0.1, 0.15) is 53.5 Å². The molecule has 0 saturated carbocycles. The molecule has 1 aromatic heterocycles. The number of nitrogens with zero attached hydrogens (tertiary/aromatic N) is 3. The number of halogens is 1. The van der Waals surface area contributed by atoms with E-state index in [2.05, 4.69) is 5.10 Å². The molecule has 0 amide bonds. The molecule has 6 nitrogen and oxygen atoms in total. The van der Waals surface area contributed by atoms with Gasteiger partial charge in [0.15, 0.2) is 0 Å². The molecule has 0 aliphatic rings. The molecule has 0 saturated heterocycles. The summed E-state index contributed by atoms with van der Waals surface area (Å²) in [5.41, 5.74) is -0.750. The van der Waals surface area contributed by atoms with Gasteiger partial charge in [0.1, 0.15) is 12.1 Å². The minimum absolute atomic E-state index is 0.0921. The lowest BCUT2D eigenvalue weighted by Crippen LogP contribution is -2.47. The first-order valence-corrected chi connectivity index (χ1v) is 10.2. The van der Waals surface area contributed by atoms with E-state index < -0.39 is 11.0 Å². The van der Waals surface area contributed by atoms with Gasteiger partial charge in [0, 0.05) is 10.1 Å². The molecule has 2 aromatic rings. The van der Waals surface area contributed by atoms with Crippen molar-refractivity contribution in [1.29, 1.82) is 0 Å². The summed E-state index contributed by atoms with van der Waals surface area (Å²) in [6.07, 6.45) is 4.65. The highest BCUT2D eigenvalue weighted by Gasteiger charge is 2.42. The van der Waals surface area contributed by atoms with Crippen LogP contribution >= 0.6 is 11.6 Å². The number of rotatable bonds is 7. The van der Waals surface area contributed by atoms with Crippen LogP contribution in [0.3, 0.4) is 0 Å². The van der Waals surface area contributed by atoms with Crippen LogP contribution in [0.15, 0.2) is 36.9 Å². The Balaban J connectivity index is 2.05. The summed E-state index contributed by atoms with van der Waals surface area (Å²) in [4.78, 5) is 11.9. The second-order valence-corrected chi connectivity index (χ2v) is 10.1. The van der Waals surface area contributed by atoms with Crippen molar-refractivity contribution in [1.82, 2.24) is 9.78 Å². The average Bonchev–Trinajstić information content (AvgIpc) is 3.04. The van der Waals surface area contributed by atoms with E-state index in [4.69, 9.17) is 16.3 Å². The molecular formula is C22H33ClN3O3+. The van der Waals surface area contributed by atoms with Gasteiger partial charge in [-0.1, -0.05) is 44.5 Å². The fraction of sp³-hybridized carbons (Fsp3) is 0.591. The number of aliphatic hydroxyl groups is 1. The molecule has 0 bridgehead atoms. The summed E-state index contributed by atoms with van der Waals surface area (Å²) in [6, 6.07) is 7.69. The van der Waals surface area contributed by atoms with E-state index in [0.29, 0.717) is 18.0 Å². The normalized spacial score (nSPS) is 14.5. The highest BCUT2D eigenvalue weighted by molar-refractivity contribution is 6.30. The van der Waals surface area contributed by atoms with Gasteiger partial charge in [0.2, 0.25) is 13.1 Å². The molecule has 1 aromatic carbocycles. The van der Waals surface area contributed by atoms with Crippen molar-refractivity contribution in [3.8, 4) is 0 Å². The summed E-state index contributed by atoms with van der Waals surface area (Å²) < 4.78 is 8.69. The van der Waals surface area contributed by atoms with Gasteiger partial charge in [-0.3, -0.25) is 4.79 Å². The fourth-order valence-electron chi connectivity index (χ4n) is 2.82. The fourth-order valence-corrected chi connectivity index (χ4v) is 2.95. The van der Waals surface area contributed by atoms with Crippen molar-refractivity contribution >= 4 is 17.6 Å². The lowest BCUT2D eigenvalue weighted by atomic mass is 9.73. The number of hydrogen-bond donors (Lipinski definition) is 1. The van der Waals surface area contributed by atoms with Crippen LogP contribution in [-0.2, 0) is 29.2 Å². The summed E-state index contributed by atoms with van der Waals surface area (Å²) in [6.45, 7) is 11.9. The van der Waals surface area contributed by atoms with Crippen LogP contribution in [0.2, 0.25) is 5.02 Å². The van der Waals surface area contributed by atoms with Gasteiger partial charge in [-0.05, 0) is 56.7 Å². The molecule has 160 valence electrons. The number of ether oxygens (including phenoxy) is 1. The maximum Gasteiger partial charge on any atom is 0.313 e. The Morgan fingerprint density at radius 1 is 1.17 bits per heavy atom. The first-order valence-electron chi connectivity index (χ1n) is 9.86. The minimum atomic E-state index is -0.974. The van der Waals surface area contributed by atoms with Crippen LogP contribution in [0.25, 0.3) is 0 Å². The topological polar surface area (TPSA) is 68.2 Å². The first kappa shape index (κ1) is 23.4. The standard InChI is InChI=1S/C22H33ClN3O3/c1-20(2,3)19(27)29-16-25-14-24-26(15-25)13-22(28,21(4,5)6)12-11-17-7-9-18(23)10-8-17/h7-10,14-15,28H,11-13,16H2,1-6H3/q+1. The second-order valence-electron chi connectivity index (χ2n) is 9.68. The zero-order valence-corrected chi connectivity index (χ0v) is 19.0. The molecule has 0 aliphatic carbocycles. The lowest BCUT2D eigenvalue weighted by Gasteiger charge is -2.38. The van der Waals surface area contributed by atoms with E-state index in [9.17, 15) is 9.90 Å². The number of aromatic nitrogens is 3. The number of esters is 1. The van der Waals surface area contributed by atoms with E-state index in [0.717, 1.165) is 12.0 Å². The molecule has 0 spiro atoms. The third-order valence-electron chi connectivity index (χ3n) is 5.15. The smallest absolute Gasteiger partial charge is 0.313 e. The van der Waals surface area contributed by atoms with E-state index in [1.165, 1.54) is 0 Å². The van der Waals surface area contributed by atoms with Crippen LogP contribution < -0.4 is 4.57 Å². The predicted molar refractivity (Wildman–Crippen MR) is 112 cm³/mol. The monoisotopic (exact) mass is 422 g/mol. The third-order valence-corrected chi connectivity index (χ3v) is 5.40. The molecule has 2 rings (SSSR count). The van der Waals surface area contributed by atoms with E-state index in [1.54, 1.807) is 21.9 Å². The zero-order chi connectivity index (χ0) is 21.9. The summed E-state index contributed by atoms with van der Waals surface area (Å²) >= 11 is 5.96. The van der Waals surface area contributed by atoms with Gasteiger partial charge in [0.25, 0.3) is 6.33 Å². The minimum Gasteiger partial charge on any atom is -0.431 e. The van der Waals surface area contributed by atoms with Gasteiger partial charge >= 0.3 is 5.97 Å². The van der Waals surface area contributed by atoms with Crippen LogP contribution in [0.5, 0.6) is 0 Å². The Kier molecular flexibility index (Phi) is 7.12. The number of hydrogen-bond acceptors (Lipinski definition) is 4. The third kappa shape index (κ3) is 6.54. The highest BCUT2D eigenvalue weighted by atomic mass is 35.5. The molecule has 1 N–H and O–H groups in total. The largest absolute Gasteiger partial charge is 0.431 e. The van der Waals surface area contributed by atoms with Crippen molar-refractivity contribution in [3.63, 3.8) is 0 Å². The Labute approximate surface area is 178 Å². The summed E-state index contributed by atoms with van der Waals surface area (Å²) in [5, 5.41) is 16.5.